The molecule has 1 aliphatic heterocycles. The fourth-order valence-corrected chi connectivity index (χ4v) is 2.57. The summed E-state index contributed by atoms with van der Waals surface area (Å²) in [4.78, 5) is 11.0. The van der Waals surface area contributed by atoms with Crippen LogP contribution < -0.4 is 4.72 Å². The molecule has 1 heterocycles. The Hall–Kier alpha value is -0.700. The highest BCUT2D eigenvalue weighted by Crippen LogP contribution is 2.02. The van der Waals surface area contributed by atoms with E-state index in [0.717, 1.165) is 0 Å². The summed E-state index contributed by atoms with van der Waals surface area (Å²) >= 11 is 0. The molecule has 0 unspecified atom stereocenters. The first kappa shape index (κ1) is 14.4. The van der Waals surface area contributed by atoms with Gasteiger partial charge in [0.15, 0.2) is 0 Å². The maximum absolute atomic E-state index is 11.7. The molecule has 1 rings (SSSR count). The number of nitrogens with zero attached hydrogens (tertiary/aromatic N) is 1. The first-order valence-electron chi connectivity index (χ1n) is 5.54. The molecule has 1 N–H and O–H groups in total. The molecule has 0 aliphatic carbocycles. The third kappa shape index (κ3) is 4.99. The highest BCUT2D eigenvalue weighted by molar-refractivity contribution is 7.87. The fourth-order valence-electron chi connectivity index (χ4n) is 1.39. The molecule has 0 aromatic carbocycles. The number of hydrogen-bond donors (Lipinski definition) is 1. The highest BCUT2D eigenvalue weighted by Gasteiger charge is 2.23. The summed E-state index contributed by atoms with van der Waals surface area (Å²) in [6.45, 7) is 3.55. The summed E-state index contributed by atoms with van der Waals surface area (Å²) in [6, 6.07) is 0. The average molecular weight is 266 g/mol. The molecule has 17 heavy (non-hydrogen) atoms. The third-order valence-electron chi connectivity index (χ3n) is 2.23. The predicted molar refractivity (Wildman–Crippen MR) is 60.6 cm³/mol. The van der Waals surface area contributed by atoms with Crippen LogP contribution in [0.5, 0.6) is 0 Å². The van der Waals surface area contributed by atoms with E-state index in [0.29, 0.717) is 32.9 Å². The van der Waals surface area contributed by atoms with Crippen LogP contribution in [0.4, 0.5) is 0 Å². The minimum Gasteiger partial charge on any atom is -0.466 e. The smallest absolute Gasteiger partial charge is 0.307 e. The molecule has 0 aromatic rings. The first-order chi connectivity index (χ1) is 8.06. The summed E-state index contributed by atoms with van der Waals surface area (Å²) in [5.74, 6) is -0.405. The van der Waals surface area contributed by atoms with Crippen LogP contribution in [0.15, 0.2) is 0 Å². The molecule has 1 aliphatic rings. The van der Waals surface area contributed by atoms with Gasteiger partial charge in [0, 0.05) is 19.6 Å². The lowest BCUT2D eigenvalue weighted by Crippen LogP contribution is -2.47. The first-order valence-corrected chi connectivity index (χ1v) is 6.98. The van der Waals surface area contributed by atoms with Crippen molar-refractivity contribution in [1.82, 2.24) is 9.03 Å². The summed E-state index contributed by atoms with van der Waals surface area (Å²) in [5, 5.41) is 0. The Labute approximate surface area is 101 Å². The maximum Gasteiger partial charge on any atom is 0.307 e. The molecule has 0 spiro atoms. The number of rotatable bonds is 6. The predicted octanol–water partition coefficient (Wildman–Crippen LogP) is -0.894. The van der Waals surface area contributed by atoms with Gasteiger partial charge in [0.25, 0.3) is 10.2 Å². The highest BCUT2D eigenvalue weighted by atomic mass is 32.2. The molecule has 0 bridgehead atoms. The number of morpholine rings is 1. The van der Waals surface area contributed by atoms with Gasteiger partial charge in [0.05, 0.1) is 26.2 Å². The number of hydrogen-bond acceptors (Lipinski definition) is 5. The van der Waals surface area contributed by atoms with Gasteiger partial charge >= 0.3 is 5.97 Å². The molecule has 0 atom stereocenters. The molecular weight excluding hydrogens is 248 g/mol. The van der Waals surface area contributed by atoms with Gasteiger partial charge in [0.2, 0.25) is 0 Å². The topological polar surface area (TPSA) is 84.9 Å². The third-order valence-corrected chi connectivity index (χ3v) is 3.84. The van der Waals surface area contributed by atoms with Crippen molar-refractivity contribution in [2.45, 2.75) is 13.3 Å². The van der Waals surface area contributed by atoms with E-state index in [2.05, 4.69) is 4.72 Å². The van der Waals surface area contributed by atoms with Crippen LogP contribution in [0.1, 0.15) is 13.3 Å². The van der Waals surface area contributed by atoms with Crippen LogP contribution in [0, 0.1) is 0 Å². The molecule has 0 radical (unpaired) electrons. The standard InChI is InChI=1S/C9H18N2O5S/c1-2-16-9(12)3-4-10-17(13,14)11-5-7-15-8-6-11/h10H,2-8H2,1H3. The molecule has 0 saturated carbocycles. The Kier molecular flexibility index (Phi) is 5.83. The van der Waals surface area contributed by atoms with Crippen molar-refractivity contribution in [2.75, 3.05) is 39.5 Å². The van der Waals surface area contributed by atoms with Crippen LogP contribution >= 0.6 is 0 Å². The Morgan fingerprint density at radius 2 is 2.06 bits per heavy atom. The van der Waals surface area contributed by atoms with Crippen molar-refractivity contribution in [2.24, 2.45) is 0 Å². The second-order valence-electron chi connectivity index (χ2n) is 3.47. The Balaban J connectivity index is 2.31. The zero-order chi connectivity index (χ0) is 12.7. The van der Waals surface area contributed by atoms with Crippen molar-refractivity contribution in [3.8, 4) is 0 Å². The number of esters is 1. The number of carbonyl (C=O) groups is 1. The molecule has 100 valence electrons. The van der Waals surface area contributed by atoms with E-state index in [-0.39, 0.29) is 13.0 Å². The van der Waals surface area contributed by atoms with Gasteiger partial charge in [0.1, 0.15) is 0 Å². The van der Waals surface area contributed by atoms with E-state index in [1.54, 1.807) is 6.92 Å². The van der Waals surface area contributed by atoms with Crippen molar-refractivity contribution < 1.29 is 22.7 Å². The van der Waals surface area contributed by atoms with E-state index < -0.39 is 16.2 Å². The minimum atomic E-state index is -3.50. The summed E-state index contributed by atoms with van der Waals surface area (Å²) in [6.07, 6.45) is 0.0391. The van der Waals surface area contributed by atoms with Crippen LogP contribution in [0.2, 0.25) is 0 Å². The van der Waals surface area contributed by atoms with E-state index >= 15 is 0 Å². The lowest BCUT2D eigenvalue weighted by Gasteiger charge is -2.25. The molecule has 1 saturated heterocycles. The van der Waals surface area contributed by atoms with Gasteiger partial charge in [-0.1, -0.05) is 0 Å². The SMILES string of the molecule is CCOC(=O)CCNS(=O)(=O)N1CCOCC1. The van der Waals surface area contributed by atoms with Crippen LogP contribution in [-0.4, -0.2) is 58.1 Å². The number of nitrogens with one attached hydrogen (secondary N) is 1. The summed E-state index contributed by atoms with van der Waals surface area (Å²) in [5.41, 5.74) is 0. The monoisotopic (exact) mass is 266 g/mol. The van der Waals surface area contributed by atoms with Gasteiger partial charge in [-0.2, -0.15) is 12.7 Å². The van der Waals surface area contributed by atoms with Gasteiger partial charge < -0.3 is 9.47 Å². The minimum absolute atomic E-state index is 0.0391. The fraction of sp³-hybridized carbons (Fsp3) is 0.889. The van der Waals surface area contributed by atoms with E-state index in [1.807, 2.05) is 0 Å². The quantitative estimate of drug-likeness (QED) is 0.630. The summed E-state index contributed by atoms with van der Waals surface area (Å²) in [7, 11) is -3.50. The van der Waals surface area contributed by atoms with Crippen molar-refractivity contribution in [3.05, 3.63) is 0 Å². The number of carbonyl (C=O) groups excluding carboxylic acids is 1. The molecule has 0 aromatic heterocycles. The molecule has 1 fully saturated rings. The van der Waals surface area contributed by atoms with Crippen LogP contribution in [0.3, 0.4) is 0 Å². The Morgan fingerprint density at radius 3 is 2.65 bits per heavy atom. The maximum atomic E-state index is 11.7. The second-order valence-corrected chi connectivity index (χ2v) is 5.22. The zero-order valence-electron chi connectivity index (χ0n) is 9.85. The van der Waals surface area contributed by atoms with Gasteiger partial charge in [-0.05, 0) is 6.92 Å². The normalized spacial score (nSPS) is 17.9. The Bertz CT molecular complexity index is 337. The van der Waals surface area contributed by atoms with Crippen molar-refractivity contribution in [1.29, 1.82) is 0 Å². The van der Waals surface area contributed by atoms with Crippen molar-refractivity contribution >= 4 is 16.2 Å². The molecule has 0 amide bonds. The summed E-state index contributed by atoms with van der Waals surface area (Å²) < 4.78 is 36.9. The van der Waals surface area contributed by atoms with E-state index in [1.165, 1.54) is 4.31 Å². The largest absolute Gasteiger partial charge is 0.466 e. The lowest BCUT2D eigenvalue weighted by atomic mass is 10.4. The van der Waals surface area contributed by atoms with Gasteiger partial charge in [-0.25, -0.2) is 4.72 Å². The number of ether oxygens (including phenoxy) is 2. The molecular formula is C9H18N2O5S. The van der Waals surface area contributed by atoms with Gasteiger partial charge in [-0.15, -0.1) is 0 Å². The molecule has 7 nitrogen and oxygen atoms in total. The van der Waals surface area contributed by atoms with Crippen molar-refractivity contribution in [3.63, 3.8) is 0 Å². The average Bonchev–Trinajstić information content (AvgIpc) is 2.30. The lowest BCUT2D eigenvalue weighted by molar-refractivity contribution is -0.142. The second kappa shape index (κ2) is 6.90. The van der Waals surface area contributed by atoms with Gasteiger partial charge in [-0.3, -0.25) is 4.79 Å². The van der Waals surface area contributed by atoms with E-state index in [9.17, 15) is 13.2 Å². The van der Waals surface area contributed by atoms with Crippen LogP contribution in [-0.2, 0) is 24.5 Å². The zero-order valence-corrected chi connectivity index (χ0v) is 10.7. The Morgan fingerprint density at radius 1 is 1.41 bits per heavy atom. The molecule has 8 heteroatoms. The van der Waals surface area contributed by atoms with Crippen LogP contribution in [0.25, 0.3) is 0 Å². The van der Waals surface area contributed by atoms with E-state index in [4.69, 9.17) is 9.47 Å².